The molecule has 0 spiro atoms. The molecule has 0 aliphatic carbocycles. The maximum atomic E-state index is 12.2. The Labute approximate surface area is 148 Å². The van der Waals surface area contributed by atoms with Crippen molar-refractivity contribution in [2.24, 2.45) is 0 Å². The highest BCUT2D eigenvalue weighted by atomic mass is 16.5. The van der Waals surface area contributed by atoms with Crippen LogP contribution in [-0.2, 0) is 9.53 Å². The molecule has 1 atom stereocenters. The third kappa shape index (κ3) is 5.50. The van der Waals surface area contributed by atoms with Gasteiger partial charge in [0.1, 0.15) is 11.6 Å². The van der Waals surface area contributed by atoms with Gasteiger partial charge in [0.05, 0.1) is 19.3 Å². The lowest BCUT2D eigenvalue weighted by atomic mass is 10.1. The van der Waals surface area contributed by atoms with E-state index in [2.05, 4.69) is 5.32 Å². The topological polar surface area (TPSA) is 80.6 Å². The van der Waals surface area contributed by atoms with Gasteiger partial charge < -0.3 is 19.5 Å². The minimum absolute atomic E-state index is 0.0218. The molecule has 6 nitrogen and oxygen atoms in total. The predicted molar refractivity (Wildman–Crippen MR) is 94.3 cm³/mol. The summed E-state index contributed by atoms with van der Waals surface area (Å²) in [5.41, 5.74) is 0.731. The number of nitriles is 1. The lowest BCUT2D eigenvalue weighted by molar-refractivity contribution is -0.117. The molecule has 1 aromatic rings. The van der Waals surface area contributed by atoms with Crippen LogP contribution in [0.1, 0.15) is 32.3 Å². The molecule has 1 aliphatic heterocycles. The van der Waals surface area contributed by atoms with Crippen LogP contribution in [0.5, 0.6) is 11.5 Å². The van der Waals surface area contributed by atoms with Crippen molar-refractivity contribution >= 4 is 12.0 Å². The highest BCUT2D eigenvalue weighted by molar-refractivity contribution is 6.01. The molecule has 25 heavy (non-hydrogen) atoms. The zero-order chi connectivity index (χ0) is 18.2. The molecular weight excluding hydrogens is 320 g/mol. The molecule has 1 aliphatic rings. The first kappa shape index (κ1) is 18.8. The lowest BCUT2D eigenvalue weighted by Crippen LogP contribution is -2.32. The summed E-state index contributed by atoms with van der Waals surface area (Å²) >= 11 is 0. The first-order valence-corrected chi connectivity index (χ1v) is 8.39. The fourth-order valence-electron chi connectivity index (χ4n) is 2.55. The van der Waals surface area contributed by atoms with Gasteiger partial charge in [-0.15, -0.1) is 0 Å². The molecule has 6 heteroatoms. The Morgan fingerprint density at radius 1 is 1.48 bits per heavy atom. The minimum Gasteiger partial charge on any atom is -0.493 e. The van der Waals surface area contributed by atoms with Crippen LogP contribution >= 0.6 is 0 Å². The van der Waals surface area contributed by atoms with Crippen LogP contribution in [0.25, 0.3) is 6.08 Å². The Balaban J connectivity index is 2.09. The maximum Gasteiger partial charge on any atom is 0.262 e. The number of methoxy groups -OCH3 is 1. The second-order valence-electron chi connectivity index (χ2n) is 6.09. The van der Waals surface area contributed by atoms with E-state index < -0.39 is 5.91 Å². The quantitative estimate of drug-likeness (QED) is 0.607. The molecule has 0 saturated carbocycles. The molecule has 134 valence electrons. The monoisotopic (exact) mass is 344 g/mol. The highest BCUT2D eigenvalue weighted by Crippen LogP contribution is 2.29. The fourth-order valence-corrected chi connectivity index (χ4v) is 2.55. The van der Waals surface area contributed by atoms with Gasteiger partial charge in [-0.1, -0.05) is 6.07 Å². The summed E-state index contributed by atoms with van der Waals surface area (Å²) < 4.78 is 16.4. The molecule has 1 aromatic carbocycles. The number of ether oxygens (including phenoxy) is 3. The van der Waals surface area contributed by atoms with Crippen molar-refractivity contribution in [2.45, 2.75) is 38.9 Å². The molecule has 1 unspecified atom stereocenters. The summed E-state index contributed by atoms with van der Waals surface area (Å²) in [6.07, 6.45) is 3.53. The largest absolute Gasteiger partial charge is 0.493 e. The summed E-state index contributed by atoms with van der Waals surface area (Å²) in [5.74, 6) is 0.773. The van der Waals surface area contributed by atoms with Gasteiger partial charge in [-0.05, 0) is 50.5 Å². The molecule has 0 bridgehead atoms. The number of hydrogen-bond acceptors (Lipinski definition) is 5. The van der Waals surface area contributed by atoms with Crippen LogP contribution in [0.4, 0.5) is 0 Å². The first-order valence-electron chi connectivity index (χ1n) is 8.39. The Hall–Kier alpha value is -2.52. The van der Waals surface area contributed by atoms with Crippen molar-refractivity contribution in [1.82, 2.24) is 5.32 Å². The van der Waals surface area contributed by atoms with E-state index >= 15 is 0 Å². The van der Waals surface area contributed by atoms with Crippen molar-refractivity contribution in [2.75, 3.05) is 20.3 Å². The summed E-state index contributed by atoms with van der Waals surface area (Å²) in [7, 11) is 1.55. The van der Waals surface area contributed by atoms with Crippen LogP contribution in [0.2, 0.25) is 0 Å². The minimum atomic E-state index is -0.403. The van der Waals surface area contributed by atoms with Gasteiger partial charge in [0.15, 0.2) is 11.5 Å². The van der Waals surface area contributed by atoms with Crippen molar-refractivity contribution < 1.29 is 19.0 Å². The number of nitrogens with zero attached hydrogens (tertiary/aromatic N) is 1. The fraction of sp³-hybridized carbons (Fsp3) is 0.474. The van der Waals surface area contributed by atoms with Gasteiger partial charge in [-0.2, -0.15) is 5.26 Å². The zero-order valence-corrected chi connectivity index (χ0v) is 14.9. The highest BCUT2D eigenvalue weighted by Gasteiger charge is 2.17. The lowest BCUT2D eigenvalue weighted by Gasteiger charge is -2.14. The molecule has 1 amide bonds. The smallest absolute Gasteiger partial charge is 0.262 e. The number of hydrogen-bond donors (Lipinski definition) is 1. The average molecular weight is 344 g/mol. The second-order valence-corrected chi connectivity index (χ2v) is 6.09. The van der Waals surface area contributed by atoms with Crippen molar-refractivity contribution in [3.05, 3.63) is 29.3 Å². The summed E-state index contributed by atoms with van der Waals surface area (Å²) in [5, 5.41) is 12.0. The van der Waals surface area contributed by atoms with Crippen molar-refractivity contribution in [3.63, 3.8) is 0 Å². The Kier molecular flexibility index (Phi) is 6.84. The van der Waals surface area contributed by atoms with Gasteiger partial charge in [0.25, 0.3) is 5.91 Å². The SMILES string of the molecule is COc1cc(/C=C(/C#N)C(=O)NCC2CCCO2)ccc1OC(C)C. The first-order chi connectivity index (χ1) is 12.0. The number of carbonyl (C=O) groups excluding carboxylic acids is 1. The predicted octanol–water partition coefficient (Wildman–Crippen LogP) is 2.68. The van der Waals surface area contributed by atoms with Crippen LogP contribution < -0.4 is 14.8 Å². The number of nitrogens with one attached hydrogen (secondary N) is 1. The molecule has 2 rings (SSSR count). The van der Waals surface area contributed by atoms with E-state index in [1.54, 1.807) is 25.3 Å². The average Bonchev–Trinajstić information content (AvgIpc) is 3.11. The van der Waals surface area contributed by atoms with Crippen molar-refractivity contribution in [1.29, 1.82) is 5.26 Å². The molecule has 1 saturated heterocycles. The van der Waals surface area contributed by atoms with Crippen LogP contribution in [-0.4, -0.2) is 38.4 Å². The Morgan fingerprint density at radius 2 is 2.28 bits per heavy atom. The standard InChI is InChI=1S/C19H24N2O4/c1-13(2)25-17-7-6-14(10-18(17)23-3)9-15(11-20)19(22)21-12-16-5-4-8-24-16/h6-7,9-10,13,16H,4-5,8,12H2,1-3H3,(H,21,22)/b15-9-. The van der Waals surface area contributed by atoms with Crippen molar-refractivity contribution in [3.8, 4) is 17.6 Å². The third-order valence-electron chi connectivity index (χ3n) is 3.74. The van der Waals surface area contributed by atoms with E-state index in [1.165, 1.54) is 6.08 Å². The number of benzene rings is 1. The number of carbonyl (C=O) groups is 1. The molecular formula is C19H24N2O4. The van der Waals surface area contributed by atoms with Gasteiger partial charge in [0.2, 0.25) is 0 Å². The van der Waals surface area contributed by atoms with Gasteiger partial charge >= 0.3 is 0 Å². The normalized spacial score (nSPS) is 17.2. The second kappa shape index (κ2) is 9.09. The van der Waals surface area contributed by atoms with E-state index in [1.807, 2.05) is 19.9 Å². The molecule has 1 heterocycles. The third-order valence-corrected chi connectivity index (χ3v) is 3.74. The van der Waals surface area contributed by atoms with E-state index in [4.69, 9.17) is 14.2 Å². The van der Waals surface area contributed by atoms with E-state index in [0.29, 0.717) is 23.6 Å². The van der Waals surface area contributed by atoms with Gasteiger partial charge in [-0.25, -0.2) is 0 Å². The van der Waals surface area contributed by atoms with Crippen LogP contribution in [0, 0.1) is 11.3 Å². The molecule has 1 fully saturated rings. The van der Waals surface area contributed by atoms with E-state index in [0.717, 1.165) is 19.4 Å². The zero-order valence-electron chi connectivity index (χ0n) is 14.9. The van der Waals surface area contributed by atoms with Crippen LogP contribution in [0.3, 0.4) is 0 Å². The van der Waals surface area contributed by atoms with Gasteiger partial charge in [-0.3, -0.25) is 4.79 Å². The molecule has 0 aromatic heterocycles. The van der Waals surface area contributed by atoms with Gasteiger partial charge in [0, 0.05) is 13.2 Å². The molecule has 1 N–H and O–H groups in total. The van der Waals surface area contributed by atoms with E-state index in [-0.39, 0.29) is 17.8 Å². The summed E-state index contributed by atoms with van der Waals surface area (Å²) in [4.78, 5) is 12.2. The number of rotatable bonds is 7. The van der Waals surface area contributed by atoms with E-state index in [9.17, 15) is 10.1 Å². The van der Waals surface area contributed by atoms with Crippen LogP contribution in [0.15, 0.2) is 23.8 Å². The molecule has 0 radical (unpaired) electrons. The summed E-state index contributed by atoms with van der Waals surface area (Å²) in [6, 6.07) is 7.24. The maximum absolute atomic E-state index is 12.2. The summed E-state index contributed by atoms with van der Waals surface area (Å²) in [6.45, 7) is 5.01. The Bertz CT molecular complexity index is 670. The number of amides is 1. The Morgan fingerprint density at radius 3 is 2.88 bits per heavy atom.